The average molecular weight is 752 g/mol. The quantitative estimate of drug-likeness (QED) is 0.113. The molecule has 4 N–H and O–H groups in total. The molecule has 3 rings (SSSR count). The van der Waals surface area contributed by atoms with Crippen molar-refractivity contribution in [2.24, 2.45) is 11.7 Å². The zero-order valence-electron chi connectivity index (χ0n) is 30.5. The van der Waals surface area contributed by atoms with Crippen molar-refractivity contribution in [3.8, 4) is 5.75 Å². The molecular weight excluding hydrogens is 696 g/mol. The van der Waals surface area contributed by atoms with E-state index in [2.05, 4.69) is 10.6 Å². The van der Waals surface area contributed by atoms with Gasteiger partial charge in [0.25, 0.3) is 5.91 Å². The molecule has 0 bridgehead atoms. The summed E-state index contributed by atoms with van der Waals surface area (Å²) in [5.74, 6) is -0.568. The molecular formula is C36H55N3O10P2. The number of nitrogens with one attached hydrogen (secondary N) is 2. The molecule has 0 aromatic heterocycles. The van der Waals surface area contributed by atoms with Crippen molar-refractivity contribution in [1.29, 1.82) is 0 Å². The van der Waals surface area contributed by atoms with Gasteiger partial charge in [-0.2, -0.15) is 0 Å². The zero-order valence-corrected chi connectivity index (χ0v) is 32.3. The van der Waals surface area contributed by atoms with Crippen LogP contribution in [0.3, 0.4) is 0 Å². The summed E-state index contributed by atoms with van der Waals surface area (Å²) in [6, 6.07) is 13.2. The van der Waals surface area contributed by atoms with Crippen molar-refractivity contribution in [2.75, 3.05) is 33.0 Å². The molecule has 0 radical (unpaired) electrons. The normalized spacial score (nSPS) is 15.3. The molecule has 1 aliphatic rings. The van der Waals surface area contributed by atoms with Crippen LogP contribution in [-0.4, -0.2) is 62.8 Å². The number of ether oxygens (including phenoxy) is 1. The van der Waals surface area contributed by atoms with Crippen LogP contribution in [0.15, 0.2) is 48.5 Å². The highest BCUT2D eigenvalue weighted by molar-refractivity contribution is 7.72. The van der Waals surface area contributed by atoms with Crippen LogP contribution in [0.4, 0.5) is 0 Å². The van der Waals surface area contributed by atoms with Crippen molar-refractivity contribution in [3.05, 3.63) is 65.2 Å². The van der Waals surface area contributed by atoms with Gasteiger partial charge in [0.05, 0.1) is 26.4 Å². The van der Waals surface area contributed by atoms with E-state index in [0.717, 1.165) is 37.7 Å². The van der Waals surface area contributed by atoms with Crippen LogP contribution in [0.5, 0.6) is 5.75 Å². The first-order valence-corrected chi connectivity index (χ1v) is 21.1. The van der Waals surface area contributed by atoms with Crippen LogP contribution in [-0.2, 0) is 54.5 Å². The Hall–Kier alpha value is -3.05. The predicted octanol–water partition coefficient (Wildman–Crippen LogP) is 6.44. The summed E-state index contributed by atoms with van der Waals surface area (Å²) in [5, 5.41) is 4.28. The Morgan fingerprint density at radius 3 is 1.90 bits per heavy atom. The molecule has 15 heteroatoms. The molecule has 2 aromatic rings. The molecule has 1 saturated carbocycles. The lowest BCUT2D eigenvalue weighted by Gasteiger charge is -2.31. The average Bonchev–Trinajstić information content (AvgIpc) is 3.08. The largest absolute Gasteiger partial charge is 0.480 e. The minimum absolute atomic E-state index is 0.0486. The SMILES string of the molecule is CCOP(=O)(OCC)C(c1ccc(CC(NC(C)=O)C(=O)NCCc2cccc(OC(C(N)=O)C3CCCCC3)c2)cc1)P(=O)(OCC)OCC. The van der Waals surface area contributed by atoms with Crippen molar-refractivity contribution in [1.82, 2.24) is 10.6 Å². The molecule has 0 aliphatic heterocycles. The number of hydrogen-bond acceptors (Lipinski definition) is 10. The Bertz CT molecular complexity index is 1470. The molecule has 0 spiro atoms. The highest BCUT2D eigenvalue weighted by atomic mass is 31.2. The number of carbonyl (C=O) groups excluding carboxylic acids is 3. The standard InChI is InChI=1S/C36H55N3O10P2/c1-6-45-50(43,46-7-2)36(51(44,47-8-3)48-9-4)30-20-18-28(19-21-30)25-32(39-26(5)40)35(42)38-23-22-27-14-13-17-31(24-27)49-33(34(37)41)29-15-11-10-12-16-29/h13-14,17-21,24,29,32-33,36H,6-12,15-16,22-23,25H2,1-5H3,(H2,37,41)(H,38,42)(H,39,40). The van der Waals surface area contributed by atoms with E-state index in [1.54, 1.807) is 58.0 Å². The molecule has 2 aromatic carbocycles. The first kappa shape index (κ1) is 42.4. The fourth-order valence-electron chi connectivity index (χ4n) is 6.33. The Balaban J connectivity index is 1.72. The molecule has 1 aliphatic carbocycles. The second-order valence-electron chi connectivity index (χ2n) is 12.4. The van der Waals surface area contributed by atoms with Crippen molar-refractivity contribution < 1.29 is 46.3 Å². The smallest absolute Gasteiger partial charge is 0.350 e. The molecule has 2 atom stereocenters. The maximum atomic E-state index is 14.0. The second kappa shape index (κ2) is 20.9. The number of benzene rings is 2. The van der Waals surface area contributed by atoms with Crippen LogP contribution in [0.1, 0.15) is 88.8 Å². The van der Waals surface area contributed by atoms with Crippen molar-refractivity contribution in [2.45, 2.75) is 97.1 Å². The third-order valence-electron chi connectivity index (χ3n) is 8.48. The van der Waals surface area contributed by atoms with Gasteiger partial charge in [0, 0.05) is 25.8 Å². The maximum absolute atomic E-state index is 14.0. The highest BCUT2D eigenvalue weighted by Gasteiger charge is 2.52. The third-order valence-corrected chi connectivity index (χ3v) is 14.4. The van der Waals surface area contributed by atoms with E-state index in [9.17, 15) is 23.5 Å². The van der Waals surface area contributed by atoms with E-state index in [1.165, 1.54) is 6.92 Å². The summed E-state index contributed by atoms with van der Waals surface area (Å²) in [6.07, 6.45) is 5.04. The minimum atomic E-state index is -4.03. The number of carbonyl (C=O) groups is 3. The molecule has 284 valence electrons. The Labute approximate surface area is 302 Å². The minimum Gasteiger partial charge on any atom is -0.480 e. The first-order valence-electron chi connectivity index (χ1n) is 17.9. The van der Waals surface area contributed by atoms with Gasteiger partial charge < -0.3 is 39.2 Å². The van der Waals surface area contributed by atoms with Gasteiger partial charge in [0.15, 0.2) is 11.5 Å². The topological polar surface area (TPSA) is 182 Å². The lowest BCUT2D eigenvalue weighted by Crippen LogP contribution is -2.47. The fourth-order valence-corrected chi connectivity index (χ4v) is 11.7. The van der Waals surface area contributed by atoms with Gasteiger partial charge in [-0.1, -0.05) is 55.7 Å². The summed E-state index contributed by atoms with van der Waals surface area (Å²) in [6.45, 7) is 8.47. The third kappa shape index (κ3) is 12.5. The van der Waals surface area contributed by atoms with E-state index in [-0.39, 0.29) is 57.1 Å². The number of nitrogens with two attached hydrogens (primary N) is 1. The lowest BCUT2D eigenvalue weighted by molar-refractivity contribution is -0.128. The molecule has 3 amide bonds. The van der Waals surface area contributed by atoms with E-state index in [0.29, 0.717) is 23.3 Å². The maximum Gasteiger partial charge on any atom is 0.350 e. The van der Waals surface area contributed by atoms with E-state index in [1.807, 2.05) is 18.2 Å². The van der Waals surface area contributed by atoms with Gasteiger partial charge in [-0.3, -0.25) is 23.5 Å². The molecule has 51 heavy (non-hydrogen) atoms. The molecule has 13 nitrogen and oxygen atoms in total. The second-order valence-corrected chi connectivity index (χ2v) is 17.0. The van der Waals surface area contributed by atoms with Crippen LogP contribution in [0.25, 0.3) is 0 Å². The number of primary amides is 1. The fraction of sp³-hybridized carbons (Fsp3) is 0.583. The van der Waals surface area contributed by atoms with Crippen LogP contribution < -0.4 is 21.1 Å². The summed E-state index contributed by atoms with van der Waals surface area (Å²) in [4.78, 5) is 37.6. The van der Waals surface area contributed by atoms with E-state index >= 15 is 0 Å². The van der Waals surface area contributed by atoms with Crippen molar-refractivity contribution in [3.63, 3.8) is 0 Å². The van der Waals surface area contributed by atoms with Gasteiger partial charge in [-0.15, -0.1) is 0 Å². The Kier molecular flexibility index (Phi) is 17.3. The Morgan fingerprint density at radius 1 is 0.824 bits per heavy atom. The van der Waals surface area contributed by atoms with Gasteiger partial charge in [0.2, 0.25) is 11.8 Å². The summed E-state index contributed by atoms with van der Waals surface area (Å²) >= 11 is 0. The first-order chi connectivity index (χ1) is 24.4. The van der Waals surface area contributed by atoms with Crippen LogP contribution >= 0.6 is 15.2 Å². The summed E-state index contributed by atoms with van der Waals surface area (Å²) in [7, 11) is -8.06. The highest BCUT2D eigenvalue weighted by Crippen LogP contribution is 2.78. The number of rotatable bonds is 22. The monoisotopic (exact) mass is 751 g/mol. The van der Waals surface area contributed by atoms with Crippen LogP contribution in [0.2, 0.25) is 0 Å². The number of hydrogen-bond donors (Lipinski definition) is 3. The Morgan fingerprint density at radius 2 is 1.39 bits per heavy atom. The van der Waals surface area contributed by atoms with Gasteiger partial charge in [-0.25, -0.2) is 0 Å². The molecule has 2 unspecified atom stereocenters. The number of amides is 3. The summed E-state index contributed by atoms with van der Waals surface area (Å²) in [5.41, 5.74) is 7.64. The van der Waals surface area contributed by atoms with Gasteiger partial charge >= 0.3 is 15.2 Å². The van der Waals surface area contributed by atoms with E-state index in [4.69, 9.17) is 28.6 Å². The lowest BCUT2D eigenvalue weighted by atomic mass is 9.85. The molecule has 0 saturated heterocycles. The molecule has 1 fully saturated rings. The van der Waals surface area contributed by atoms with Gasteiger partial charge in [-0.05, 0) is 75.8 Å². The van der Waals surface area contributed by atoms with E-state index < -0.39 is 38.6 Å². The summed E-state index contributed by atoms with van der Waals surface area (Å²) < 4.78 is 56.5. The zero-order chi connectivity index (χ0) is 37.4. The van der Waals surface area contributed by atoms with Gasteiger partial charge in [0.1, 0.15) is 11.8 Å². The van der Waals surface area contributed by atoms with Crippen molar-refractivity contribution >= 4 is 32.9 Å². The van der Waals surface area contributed by atoms with Crippen LogP contribution in [0, 0.1) is 5.92 Å². The molecule has 0 heterocycles. The predicted molar refractivity (Wildman–Crippen MR) is 196 cm³/mol.